The zero-order valence-corrected chi connectivity index (χ0v) is 8.65. The van der Waals surface area contributed by atoms with Gasteiger partial charge in [-0.25, -0.2) is 0 Å². The molecule has 1 aromatic rings. The first-order valence-electron chi connectivity index (χ1n) is 4.31. The molecule has 0 aromatic carbocycles. The number of carboxylic acids is 1. The van der Waals surface area contributed by atoms with Crippen LogP contribution in [-0.4, -0.2) is 32.5 Å². The van der Waals surface area contributed by atoms with Gasteiger partial charge in [0.2, 0.25) is 0 Å². The molecule has 0 amide bonds. The van der Waals surface area contributed by atoms with E-state index in [0.29, 0.717) is 10.4 Å². The highest BCUT2D eigenvalue weighted by atomic mass is 32.1. The van der Waals surface area contributed by atoms with Gasteiger partial charge in [-0.2, -0.15) is 0 Å². The third kappa shape index (κ3) is 3.00. The van der Waals surface area contributed by atoms with E-state index in [2.05, 4.69) is 0 Å². The van der Waals surface area contributed by atoms with Crippen LogP contribution in [0, 0.1) is 0 Å². The molecule has 0 aliphatic heterocycles. The zero-order chi connectivity index (χ0) is 11.4. The third-order valence-corrected chi connectivity index (χ3v) is 2.91. The number of rotatable bonds is 5. The predicted octanol–water partition coefficient (Wildman–Crippen LogP) is 0.109. The second-order valence-corrected chi connectivity index (χ2v) is 4.07. The lowest BCUT2D eigenvalue weighted by molar-refractivity contribution is -0.141. The van der Waals surface area contributed by atoms with E-state index in [1.807, 2.05) is 0 Å². The standard InChI is InChI=1S/C9H12O5S/c10-4-7-5(1-2-15-7)9(14)6(11)3-8(12)13/h1-2,6,9-11,14H,3-4H2,(H,12,13). The summed E-state index contributed by atoms with van der Waals surface area (Å²) in [5.74, 6) is -1.18. The Labute approximate surface area is 90.2 Å². The molecule has 2 atom stereocenters. The van der Waals surface area contributed by atoms with Gasteiger partial charge >= 0.3 is 5.97 Å². The fourth-order valence-electron chi connectivity index (χ4n) is 1.24. The molecule has 0 spiro atoms. The maximum atomic E-state index is 10.3. The number of aliphatic carboxylic acids is 1. The summed E-state index contributed by atoms with van der Waals surface area (Å²) in [7, 11) is 0. The molecular formula is C9H12O5S. The van der Waals surface area contributed by atoms with Crippen molar-refractivity contribution in [2.24, 2.45) is 0 Å². The van der Waals surface area contributed by atoms with Gasteiger partial charge in [0.1, 0.15) is 6.10 Å². The number of carbonyl (C=O) groups is 1. The van der Waals surface area contributed by atoms with E-state index in [9.17, 15) is 15.0 Å². The molecule has 1 heterocycles. The minimum absolute atomic E-state index is 0.232. The van der Waals surface area contributed by atoms with Crippen molar-refractivity contribution in [3.05, 3.63) is 21.9 Å². The highest BCUT2D eigenvalue weighted by Crippen LogP contribution is 2.26. The number of thiophene rings is 1. The van der Waals surface area contributed by atoms with Crippen molar-refractivity contribution in [3.63, 3.8) is 0 Å². The molecule has 5 nitrogen and oxygen atoms in total. The lowest BCUT2D eigenvalue weighted by Gasteiger charge is -2.16. The molecule has 0 saturated carbocycles. The second kappa shape index (κ2) is 5.22. The number of carboxylic acid groups (broad SMARTS) is 1. The van der Waals surface area contributed by atoms with Crippen molar-refractivity contribution in [2.75, 3.05) is 0 Å². The van der Waals surface area contributed by atoms with Gasteiger partial charge in [0.15, 0.2) is 0 Å². The summed E-state index contributed by atoms with van der Waals surface area (Å²) in [6.07, 6.45) is -3.15. The topological polar surface area (TPSA) is 98.0 Å². The molecule has 0 radical (unpaired) electrons. The van der Waals surface area contributed by atoms with Crippen LogP contribution in [0.5, 0.6) is 0 Å². The maximum absolute atomic E-state index is 10.3. The average molecular weight is 232 g/mol. The van der Waals surface area contributed by atoms with Gasteiger partial charge in [0.25, 0.3) is 0 Å². The minimum Gasteiger partial charge on any atom is -0.481 e. The van der Waals surface area contributed by atoms with Gasteiger partial charge in [0, 0.05) is 4.88 Å². The van der Waals surface area contributed by atoms with Crippen LogP contribution in [-0.2, 0) is 11.4 Å². The number of aliphatic hydroxyl groups excluding tert-OH is 3. The Morgan fingerprint density at radius 2 is 2.13 bits per heavy atom. The Hall–Kier alpha value is -0.950. The molecule has 6 heteroatoms. The van der Waals surface area contributed by atoms with Gasteiger partial charge < -0.3 is 20.4 Å². The first-order valence-corrected chi connectivity index (χ1v) is 5.19. The first-order chi connectivity index (χ1) is 7.06. The summed E-state index contributed by atoms with van der Waals surface area (Å²) < 4.78 is 0. The van der Waals surface area contributed by atoms with Crippen molar-refractivity contribution in [1.29, 1.82) is 0 Å². The quantitative estimate of drug-likeness (QED) is 0.577. The zero-order valence-electron chi connectivity index (χ0n) is 7.83. The molecule has 0 bridgehead atoms. The van der Waals surface area contributed by atoms with Crippen LogP contribution in [0.3, 0.4) is 0 Å². The summed E-state index contributed by atoms with van der Waals surface area (Å²) in [6, 6.07) is 1.56. The summed E-state index contributed by atoms with van der Waals surface area (Å²) in [5, 5.41) is 38.0. The molecule has 84 valence electrons. The molecule has 2 unspecified atom stereocenters. The average Bonchev–Trinajstić information content (AvgIpc) is 2.62. The number of hydrogen-bond acceptors (Lipinski definition) is 5. The van der Waals surface area contributed by atoms with Gasteiger partial charge in [-0.15, -0.1) is 11.3 Å². The second-order valence-electron chi connectivity index (χ2n) is 3.07. The van der Waals surface area contributed by atoms with Crippen LogP contribution in [0.4, 0.5) is 0 Å². The third-order valence-electron chi connectivity index (χ3n) is 1.99. The van der Waals surface area contributed by atoms with Crippen molar-refractivity contribution >= 4 is 17.3 Å². The van der Waals surface area contributed by atoms with Crippen molar-refractivity contribution in [1.82, 2.24) is 0 Å². The lowest BCUT2D eigenvalue weighted by Crippen LogP contribution is -2.22. The number of hydrogen-bond donors (Lipinski definition) is 4. The molecule has 1 aromatic heterocycles. The summed E-state index contributed by atoms with van der Waals surface area (Å²) in [4.78, 5) is 10.9. The summed E-state index contributed by atoms with van der Waals surface area (Å²) >= 11 is 1.25. The fraction of sp³-hybridized carbons (Fsp3) is 0.444. The van der Waals surface area contributed by atoms with E-state index >= 15 is 0 Å². The fourth-order valence-corrected chi connectivity index (χ4v) is 2.02. The largest absolute Gasteiger partial charge is 0.481 e. The Kier molecular flexibility index (Phi) is 4.22. The predicted molar refractivity (Wildman–Crippen MR) is 53.5 cm³/mol. The lowest BCUT2D eigenvalue weighted by atomic mass is 10.0. The highest BCUT2D eigenvalue weighted by molar-refractivity contribution is 7.10. The van der Waals surface area contributed by atoms with Gasteiger partial charge in [0.05, 0.1) is 19.1 Å². The van der Waals surface area contributed by atoms with Crippen LogP contribution in [0.15, 0.2) is 11.4 Å². The van der Waals surface area contributed by atoms with E-state index in [1.165, 1.54) is 11.3 Å². The van der Waals surface area contributed by atoms with E-state index in [0.717, 1.165) is 0 Å². The van der Waals surface area contributed by atoms with E-state index < -0.39 is 24.6 Å². The molecule has 0 aliphatic rings. The SMILES string of the molecule is O=C(O)CC(O)C(O)c1ccsc1CO. The molecule has 1 rings (SSSR count). The van der Waals surface area contributed by atoms with E-state index in [4.69, 9.17) is 10.2 Å². The van der Waals surface area contributed by atoms with Crippen LogP contribution >= 0.6 is 11.3 Å². The monoisotopic (exact) mass is 232 g/mol. The molecule has 0 saturated heterocycles. The Balaban J connectivity index is 2.75. The van der Waals surface area contributed by atoms with Crippen LogP contribution in [0.1, 0.15) is 23.0 Å². The van der Waals surface area contributed by atoms with Crippen LogP contribution in [0.2, 0.25) is 0 Å². The van der Waals surface area contributed by atoms with E-state index in [-0.39, 0.29) is 6.61 Å². The maximum Gasteiger partial charge on any atom is 0.306 e. The summed E-state index contributed by atoms with van der Waals surface area (Å²) in [5.41, 5.74) is 0.385. The van der Waals surface area contributed by atoms with Crippen molar-refractivity contribution in [2.45, 2.75) is 25.2 Å². The minimum atomic E-state index is -1.36. The van der Waals surface area contributed by atoms with Crippen molar-refractivity contribution in [3.8, 4) is 0 Å². The van der Waals surface area contributed by atoms with Crippen LogP contribution < -0.4 is 0 Å². The molecular weight excluding hydrogens is 220 g/mol. The summed E-state index contributed by atoms with van der Waals surface area (Å²) in [6.45, 7) is -0.232. The number of aliphatic hydroxyl groups is 3. The van der Waals surface area contributed by atoms with Gasteiger partial charge in [-0.3, -0.25) is 4.79 Å². The Bertz CT molecular complexity index is 335. The molecule has 4 N–H and O–H groups in total. The van der Waals surface area contributed by atoms with Crippen LogP contribution in [0.25, 0.3) is 0 Å². The van der Waals surface area contributed by atoms with E-state index in [1.54, 1.807) is 11.4 Å². The highest BCUT2D eigenvalue weighted by Gasteiger charge is 2.23. The molecule has 15 heavy (non-hydrogen) atoms. The first kappa shape index (κ1) is 12.1. The van der Waals surface area contributed by atoms with Gasteiger partial charge in [-0.1, -0.05) is 0 Å². The molecule has 0 aliphatic carbocycles. The Morgan fingerprint density at radius 3 is 2.67 bits per heavy atom. The van der Waals surface area contributed by atoms with Gasteiger partial charge in [-0.05, 0) is 17.0 Å². The Morgan fingerprint density at radius 1 is 1.47 bits per heavy atom. The van der Waals surface area contributed by atoms with Crippen molar-refractivity contribution < 1.29 is 25.2 Å². The smallest absolute Gasteiger partial charge is 0.306 e. The molecule has 0 fully saturated rings. The normalized spacial score (nSPS) is 14.9.